The summed E-state index contributed by atoms with van der Waals surface area (Å²) in [5, 5.41) is 0.867. The monoisotopic (exact) mass is 348 g/mol. The average Bonchev–Trinajstić information content (AvgIpc) is 3.01. The van der Waals surface area contributed by atoms with E-state index in [2.05, 4.69) is 16.9 Å². The number of rotatable bonds is 14. The van der Waals surface area contributed by atoms with Gasteiger partial charge in [-0.1, -0.05) is 51.9 Å². The van der Waals surface area contributed by atoms with Crippen LogP contribution in [0, 0.1) is 0 Å². The van der Waals surface area contributed by atoms with Crippen LogP contribution in [0.3, 0.4) is 0 Å². The summed E-state index contributed by atoms with van der Waals surface area (Å²) < 4.78 is 11.3. The van der Waals surface area contributed by atoms with Crippen LogP contribution in [-0.2, 0) is 11.2 Å². The Morgan fingerprint density at radius 1 is 1.00 bits per heavy atom. The molecule has 5 nitrogen and oxygen atoms in total. The summed E-state index contributed by atoms with van der Waals surface area (Å²) in [6.07, 6.45) is 14.9. The van der Waals surface area contributed by atoms with E-state index in [9.17, 15) is 4.79 Å². The number of nitrogens with zero attached hydrogens (tertiary/aromatic N) is 1. The van der Waals surface area contributed by atoms with Crippen LogP contribution in [0.5, 0.6) is 0 Å². The van der Waals surface area contributed by atoms with Crippen molar-refractivity contribution >= 4 is 11.1 Å². The number of hydrogen-bond donors (Lipinski definition) is 1. The van der Waals surface area contributed by atoms with E-state index < -0.39 is 0 Å². The summed E-state index contributed by atoms with van der Waals surface area (Å²) in [5.74, 6) is 0.930. The quantitative estimate of drug-likeness (QED) is 0.488. The lowest BCUT2D eigenvalue weighted by Gasteiger charge is -2.04. The van der Waals surface area contributed by atoms with Gasteiger partial charge in [0.1, 0.15) is 5.76 Å². The lowest BCUT2D eigenvalue weighted by molar-refractivity contribution is 0.126. The molecule has 0 unspecified atom stereocenters. The maximum atomic E-state index is 11.1. The molecule has 5 heteroatoms. The van der Waals surface area contributed by atoms with Crippen molar-refractivity contribution in [3.63, 3.8) is 0 Å². The topological polar surface area (TPSA) is 68.1 Å². The molecular formula is C20H32N2O3. The number of ether oxygens (including phenoxy) is 1. The number of furan rings is 1. The molecule has 0 amide bonds. The van der Waals surface area contributed by atoms with E-state index in [0.717, 1.165) is 37.2 Å². The maximum Gasteiger partial charge on any atom is 0.347 e. The molecule has 0 atom stereocenters. The second-order valence-corrected chi connectivity index (χ2v) is 6.73. The molecule has 2 heterocycles. The van der Waals surface area contributed by atoms with Crippen molar-refractivity contribution in [3.8, 4) is 0 Å². The molecule has 0 saturated carbocycles. The average molecular weight is 348 g/mol. The molecule has 0 radical (unpaired) electrons. The zero-order chi connectivity index (χ0) is 17.7. The van der Waals surface area contributed by atoms with Crippen LogP contribution in [0.25, 0.3) is 11.1 Å². The first-order valence-electron chi connectivity index (χ1n) is 9.85. The third-order valence-electron chi connectivity index (χ3n) is 4.46. The number of hydrogen-bond acceptors (Lipinski definition) is 4. The Balaban J connectivity index is 1.43. The first-order chi connectivity index (χ1) is 12.3. The van der Waals surface area contributed by atoms with Gasteiger partial charge >= 0.3 is 5.69 Å². The lowest BCUT2D eigenvalue weighted by Crippen LogP contribution is -2.07. The van der Waals surface area contributed by atoms with E-state index in [1.807, 2.05) is 6.07 Å². The summed E-state index contributed by atoms with van der Waals surface area (Å²) in [6.45, 7) is 4.07. The molecule has 0 bridgehead atoms. The SMILES string of the molecule is CCCCCOCCCCCCCCCc1cc2cnc(=O)[nH]c2o1. The van der Waals surface area contributed by atoms with Gasteiger partial charge in [0.2, 0.25) is 5.71 Å². The van der Waals surface area contributed by atoms with Crippen molar-refractivity contribution in [1.82, 2.24) is 9.97 Å². The molecular weight excluding hydrogens is 316 g/mol. The summed E-state index contributed by atoms with van der Waals surface area (Å²) in [7, 11) is 0. The summed E-state index contributed by atoms with van der Waals surface area (Å²) >= 11 is 0. The predicted octanol–water partition coefficient (Wildman–Crippen LogP) is 5.00. The normalized spacial score (nSPS) is 11.4. The van der Waals surface area contributed by atoms with E-state index in [1.165, 1.54) is 57.8 Å². The number of nitrogens with one attached hydrogen (secondary N) is 1. The van der Waals surface area contributed by atoms with E-state index in [1.54, 1.807) is 6.20 Å². The van der Waals surface area contributed by atoms with Crippen molar-refractivity contribution in [2.75, 3.05) is 13.2 Å². The van der Waals surface area contributed by atoms with E-state index in [4.69, 9.17) is 9.15 Å². The molecule has 0 fully saturated rings. The minimum atomic E-state index is -0.361. The zero-order valence-electron chi connectivity index (χ0n) is 15.5. The lowest BCUT2D eigenvalue weighted by atomic mass is 10.1. The fraction of sp³-hybridized carbons (Fsp3) is 0.700. The molecule has 0 spiro atoms. The summed E-state index contributed by atoms with van der Waals surface area (Å²) in [4.78, 5) is 17.5. The van der Waals surface area contributed by atoms with E-state index in [0.29, 0.717) is 5.71 Å². The van der Waals surface area contributed by atoms with Gasteiger partial charge in [0, 0.05) is 25.8 Å². The van der Waals surface area contributed by atoms with Crippen LogP contribution in [0.1, 0.15) is 76.9 Å². The molecule has 2 aromatic rings. The number of aryl methyl sites for hydroxylation is 1. The van der Waals surface area contributed by atoms with Crippen LogP contribution >= 0.6 is 0 Å². The highest BCUT2D eigenvalue weighted by Crippen LogP contribution is 2.17. The zero-order valence-corrected chi connectivity index (χ0v) is 15.5. The number of fused-ring (bicyclic) bond motifs is 1. The Hall–Kier alpha value is -1.62. The van der Waals surface area contributed by atoms with Gasteiger partial charge in [0.05, 0.1) is 5.39 Å². The Kier molecular flexibility index (Phi) is 9.34. The first kappa shape index (κ1) is 19.7. The molecule has 0 aliphatic rings. The Morgan fingerprint density at radius 3 is 2.44 bits per heavy atom. The molecule has 2 rings (SSSR count). The Labute approximate surface area is 150 Å². The Bertz CT molecular complexity index is 648. The third kappa shape index (κ3) is 7.86. The molecule has 0 aliphatic carbocycles. The van der Waals surface area contributed by atoms with Crippen LogP contribution in [0.15, 0.2) is 21.5 Å². The fourth-order valence-corrected chi connectivity index (χ4v) is 2.98. The first-order valence-corrected chi connectivity index (χ1v) is 9.85. The van der Waals surface area contributed by atoms with Gasteiger partial charge < -0.3 is 9.15 Å². The highest BCUT2D eigenvalue weighted by molar-refractivity contribution is 5.72. The number of aromatic amines is 1. The van der Waals surface area contributed by atoms with Crippen molar-refractivity contribution in [3.05, 3.63) is 28.5 Å². The van der Waals surface area contributed by atoms with Gasteiger partial charge in [0.15, 0.2) is 0 Å². The van der Waals surface area contributed by atoms with Crippen LogP contribution in [0.4, 0.5) is 0 Å². The van der Waals surface area contributed by atoms with Gasteiger partial charge in [-0.05, 0) is 25.3 Å². The molecule has 0 aliphatic heterocycles. The van der Waals surface area contributed by atoms with Crippen LogP contribution < -0.4 is 5.69 Å². The summed E-state index contributed by atoms with van der Waals surface area (Å²) in [5.41, 5.74) is 0.173. The fourth-order valence-electron chi connectivity index (χ4n) is 2.98. The largest absolute Gasteiger partial charge is 0.445 e. The second kappa shape index (κ2) is 11.9. The smallest absolute Gasteiger partial charge is 0.347 e. The van der Waals surface area contributed by atoms with Crippen molar-refractivity contribution in [1.29, 1.82) is 0 Å². The number of aromatic nitrogens is 2. The Morgan fingerprint density at radius 2 is 1.68 bits per heavy atom. The molecule has 0 aromatic carbocycles. The number of unbranched alkanes of at least 4 members (excludes halogenated alkanes) is 8. The highest BCUT2D eigenvalue weighted by atomic mass is 16.5. The van der Waals surface area contributed by atoms with Crippen LogP contribution in [-0.4, -0.2) is 23.2 Å². The van der Waals surface area contributed by atoms with Gasteiger partial charge in [-0.15, -0.1) is 0 Å². The van der Waals surface area contributed by atoms with E-state index >= 15 is 0 Å². The van der Waals surface area contributed by atoms with Crippen LogP contribution in [0.2, 0.25) is 0 Å². The van der Waals surface area contributed by atoms with Crippen molar-refractivity contribution < 1.29 is 9.15 Å². The molecule has 1 N–H and O–H groups in total. The molecule has 2 aromatic heterocycles. The third-order valence-corrected chi connectivity index (χ3v) is 4.46. The van der Waals surface area contributed by atoms with Crippen molar-refractivity contribution in [2.45, 2.75) is 77.6 Å². The predicted molar refractivity (Wildman–Crippen MR) is 101 cm³/mol. The maximum absolute atomic E-state index is 11.1. The summed E-state index contributed by atoms with van der Waals surface area (Å²) in [6, 6.07) is 1.97. The molecule has 0 saturated heterocycles. The molecule has 25 heavy (non-hydrogen) atoms. The van der Waals surface area contributed by atoms with Gasteiger partial charge in [-0.25, -0.2) is 9.78 Å². The highest BCUT2D eigenvalue weighted by Gasteiger charge is 2.04. The minimum Gasteiger partial charge on any atom is -0.445 e. The van der Waals surface area contributed by atoms with Crippen molar-refractivity contribution in [2.24, 2.45) is 0 Å². The second-order valence-electron chi connectivity index (χ2n) is 6.73. The van der Waals surface area contributed by atoms with Gasteiger partial charge in [-0.2, -0.15) is 0 Å². The van der Waals surface area contributed by atoms with Gasteiger partial charge in [0.25, 0.3) is 0 Å². The number of H-pyrrole nitrogens is 1. The molecule has 140 valence electrons. The standard InChI is InChI=1S/C20H32N2O3/c1-2-3-10-13-24-14-11-8-6-4-5-7-9-12-18-15-17-16-21-20(23)22-19(17)25-18/h15-16H,2-14H2,1H3,(H,21,22,23). The van der Waals surface area contributed by atoms with Gasteiger partial charge in [-0.3, -0.25) is 4.98 Å². The minimum absolute atomic E-state index is 0.361. The van der Waals surface area contributed by atoms with E-state index in [-0.39, 0.29) is 5.69 Å².